The number of carbonyl (C=O) groups excluding carboxylic acids is 2. The number of hydrogen-bond donors (Lipinski definition) is 0. The summed E-state index contributed by atoms with van der Waals surface area (Å²) >= 11 is 0. The van der Waals surface area contributed by atoms with E-state index in [1.165, 1.54) is 23.8 Å². The third-order valence-corrected chi connectivity index (χ3v) is 8.44. The van der Waals surface area contributed by atoms with Crippen LogP contribution in [0.25, 0.3) is 17.3 Å². The SMILES string of the molecule is O=C(C(Cc1ccccc1)N(Cc1ccc(-c2ccccn2)cc1)C(=O)C=Cc1ccc(C(F)(F)F)cn1)N1CCc2ccccc2C1. The van der Waals surface area contributed by atoms with Crippen molar-refractivity contribution < 1.29 is 22.8 Å². The highest BCUT2D eigenvalue weighted by Crippen LogP contribution is 2.29. The molecule has 5 aromatic rings. The van der Waals surface area contributed by atoms with Crippen LogP contribution in [0.15, 0.2) is 128 Å². The van der Waals surface area contributed by atoms with Crippen LogP contribution in [0.3, 0.4) is 0 Å². The minimum absolute atomic E-state index is 0.125. The number of hydrogen-bond acceptors (Lipinski definition) is 4. The van der Waals surface area contributed by atoms with Gasteiger partial charge in [0, 0.05) is 50.1 Å². The summed E-state index contributed by atoms with van der Waals surface area (Å²) in [6, 6.07) is 32.2. The molecule has 6 rings (SSSR count). The number of benzene rings is 3. The summed E-state index contributed by atoms with van der Waals surface area (Å²) < 4.78 is 39.3. The second-order valence-electron chi connectivity index (χ2n) is 11.7. The van der Waals surface area contributed by atoms with Gasteiger partial charge in [0.2, 0.25) is 11.8 Å². The van der Waals surface area contributed by atoms with Gasteiger partial charge in [-0.25, -0.2) is 0 Å². The van der Waals surface area contributed by atoms with Crippen LogP contribution in [0.5, 0.6) is 0 Å². The van der Waals surface area contributed by atoms with Crippen molar-refractivity contribution in [3.8, 4) is 11.3 Å². The Morgan fingerprint density at radius 1 is 0.812 bits per heavy atom. The lowest BCUT2D eigenvalue weighted by molar-refractivity contribution is -0.144. The van der Waals surface area contributed by atoms with E-state index in [9.17, 15) is 22.8 Å². The zero-order valence-corrected chi connectivity index (χ0v) is 26.1. The Hall–Kier alpha value is -5.57. The number of amides is 2. The van der Waals surface area contributed by atoms with Crippen LogP contribution in [-0.4, -0.2) is 44.2 Å². The maximum Gasteiger partial charge on any atom is 0.417 e. The van der Waals surface area contributed by atoms with Gasteiger partial charge >= 0.3 is 6.18 Å². The Bertz CT molecular complexity index is 1880. The molecule has 1 aliphatic rings. The molecule has 1 aliphatic heterocycles. The summed E-state index contributed by atoms with van der Waals surface area (Å²) in [5.41, 5.74) is 5.01. The summed E-state index contributed by atoms with van der Waals surface area (Å²) in [4.78, 5) is 40.2. The number of rotatable bonds is 9. The van der Waals surface area contributed by atoms with Crippen LogP contribution in [0.1, 0.15) is 33.5 Å². The molecule has 0 aliphatic carbocycles. The van der Waals surface area contributed by atoms with Crippen molar-refractivity contribution in [1.29, 1.82) is 0 Å². The second-order valence-corrected chi connectivity index (χ2v) is 11.7. The zero-order valence-electron chi connectivity index (χ0n) is 26.1. The Kier molecular flexibility index (Phi) is 9.75. The van der Waals surface area contributed by atoms with Gasteiger partial charge in [-0.2, -0.15) is 13.2 Å². The Balaban J connectivity index is 1.34. The Morgan fingerprint density at radius 2 is 1.54 bits per heavy atom. The highest BCUT2D eigenvalue weighted by molar-refractivity contribution is 5.95. The molecule has 2 aromatic heterocycles. The molecule has 1 unspecified atom stereocenters. The first kappa shape index (κ1) is 32.4. The van der Waals surface area contributed by atoms with E-state index < -0.39 is 23.7 Å². The molecule has 48 heavy (non-hydrogen) atoms. The standard InChI is InChI=1S/C39H33F3N4O2/c40-39(41,42)33-17-18-34(44-25-33)19-20-37(47)46(26-29-13-15-31(16-14-29)35-12-6-7-22-43-35)36(24-28-8-2-1-3-9-28)38(48)45-23-21-30-10-4-5-11-32(30)27-45/h1-20,22,25,36H,21,23-24,26-27H2. The van der Waals surface area contributed by atoms with Crippen molar-refractivity contribution in [1.82, 2.24) is 19.8 Å². The van der Waals surface area contributed by atoms with Crippen LogP contribution in [-0.2, 0) is 41.7 Å². The molecule has 1 atom stereocenters. The number of fused-ring (bicyclic) bond motifs is 1. The average Bonchev–Trinajstić information content (AvgIpc) is 3.12. The lowest BCUT2D eigenvalue weighted by Crippen LogP contribution is -2.52. The average molecular weight is 647 g/mol. The third-order valence-electron chi connectivity index (χ3n) is 8.44. The first-order valence-corrected chi connectivity index (χ1v) is 15.7. The van der Waals surface area contributed by atoms with Crippen LogP contribution in [0.2, 0.25) is 0 Å². The van der Waals surface area contributed by atoms with Crippen molar-refractivity contribution in [3.05, 3.63) is 161 Å². The summed E-state index contributed by atoms with van der Waals surface area (Å²) in [6.07, 6.45) is 1.58. The summed E-state index contributed by atoms with van der Waals surface area (Å²) in [7, 11) is 0. The van der Waals surface area contributed by atoms with Gasteiger partial charge in [-0.05, 0) is 59.0 Å². The Labute approximate surface area is 277 Å². The normalized spacial score (nSPS) is 13.6. The molecule has 0 N–H and O–H groups in total. The van der Waals surface area contributed by atoms with E-state index in [0.717, 1.165) is 40.2 Å². The van der Waals surface area contributed by atoms with Crippen LogP contribution in [0, 0.1) is 0 Å². The van der Waals surface area contributed by atoms with Gasteiger partial charge in [0.05, 0.1) is 17.0 Å². The first-order valence-electron chi connectivity index (χ1n) is 15.7. The summed E-state index contributed by atoms with van der Waals surface area (Å²) in [5.74, 6) is -0.634. The molecular weight excluding hydrogens is 613 g/mol. The van der Waals surface area contributed by atoms with Crippen molar-refractivity contribution in [2.24, 2.45) is 0 Å². The van der Waals surface area contributed by atoms with Crippen molar-refractivity contribution in [2.75, 3.05) is 6.54 Å². The van der Waals surface area contributed by atoms with Crippen LogP contribution in [0.4, 0.5) is 13.2 Å². The van der Waals surface area contributed by atoms with Gasteiger partial charge in [-0.3, -0.25) is 19.6 Å². The van der Waals surface area contributed by atoms with Crippen LogP contribution < -0.4 is 0 Å². The lowest BCUT2D eigenvalue weighted by atomic mass is 9.97. The molecule has 242 valence electrons. The van der Waals surface area contributed by atoms with Gasteiger partial charge in [0.25, 0.3) is 0 Å². The van der Waals surface area contributed by atoms with E-state index in [-0.39, 0.29) is 24.6 Å². The highest BCUT2D eigenvalue weighted by atomic mass is 19.4. The number of halogens is 3. The number of nitrogens with zero attached hydrogens (tertiary/aromatic N) is 4. The van der Waals surface area contributed by atoms with Crippen molar-refractivity contribution >= 4 is 17.9 Å². The van der Waals surface area contributed by atoms with Crippen molar-refractivity contribution in [2.45, 2.75) is 38.1 Å². The fourth-order valence-electron chi connectivity index (χ4n) is 5.84. The molecule has 6 nitrogen and oxygen atoms in total. The van der Waals surface area contributed by atoms with E-state index in [4.69, 9.17) is 0 Å². The maximum atomic E-state index is 14.5. The molecule has 2 amide bonds. The second kappa shape index (κ2) is 14.5. The minimum atomic E-state index is -4.52. The predicted molar refractivity (Wildman–Crippen MR) is 178 cm³/mol. The first-order chi connectivity index (χ1) is 23.2. The third kappa shape index (κ3) is 7.86. The zero-order chi connectivity index (χ0) is 33.5. The fraction of sp³-hybridized carbons (Fsp3) is 0.179. The van der Waals surface area contributed by atoms with E-state index in [2.05, 4.69) is 16.0 Å². The quantitative estimate of drug-likeness (QED) is 0.157. The molecule has 3 aromatic carbocycles. The smallest absolute Gasteiger partial charge is 0.336 e. The summed E-state index contributed by atoms with van der Waals surface area (Å²) in [6.45, 7) is 1.08. The maximum absolute atomic E-state index is 14.5. The molecule has 9 heteroatoms. The minimum Gasteiger partial charge on any atom is -0.336 e. The van der Waals surface area contributed by atoms with E-state index >= 15 is 0 Å². The molecule has 0 radical (unpaired) electrons. The number of alkyl halides is 3. The Morgan fingerprint density at radius 3 is 2.23 bits per heavy atom. The van der Waals surface area contributed by atoms with E-state index in [1.54, 1.807) is 11.1 Å². The molecular formula is C39H33F3N4O2. The highest BCUT2D eigenvalue weighted by Gasteiger charge is 2.34. The number of carbonyl (C=O) groups is 2. The van der Waals surface area contributed by atoms with E-state index in [1.807, 2.05) is 95.9 Å². The van der Waals surface area contributed by atoms with Crippen LogP contribution >= 0.6 is 0 Å². The molecule has 0 saturated carbocycles. The van der Waals surface area contributed by atoms with Gasteiger partial charge in [-0.15, -0.1) is 0 Å². The monoisotopic (exact) mass is 646 g/mol. The molecule has 0 spiro atoms. The topological polar surface area (TPSA) is 66.4 Å². The fourth-order valence-corrected chi connectivity index (χ4v) is 5.84. The largest absolute Gasteiger partial charge is 0.417 e. The van der Waals surface area contributed by atoms with Crippen molar-refractivity contribution in [3.63, 3.8) is 0 Å². The molecule has 0 fully saturated rings. The number of pyridine rings is 2. The lowest BCUT2D eigenvalue weighted by Gasteiger charge is -2.37. The van der Waals surface area contributed by atoms with Gasteiger partial charge in [-0.1, -0.05) is 84.9 Å². The predicted octanol–water partition coefficient (Wildman–Crippen LogP) is 7.40. The molecule has 0 bridgehead atoms. The molecule has 0 saturated heterocycles. The molecule has 3 heterocycles. The van der Waals surface area contributed by atoms with Gasteiger partial charge < -0.3 is 9.80 Å². The van der Waals surface area contributed by atoms with E-state index in [0.29, 0.717) is 19.5 Å². The number of aromatic nitrogens is 2. The summed E-state index contributed by atoms with van der Waals surface area (Å²) in [5, 5.41) is 0. The van der Waals surface area contributed by atoms with Gasteiger partial charge in [0.1, 0.15) is 6.04 Å². The van der Waals surface area contributed by atoms with Gasteiger partial charge in [0.15, 0.2) is 0 Å².